The minimum Gasteiger partial charge on any atom is -0.455 e. The number of rotatable bonds is 3. The highest BCUT2D eigenvalue weighted by molar-refractivity contribution is 6.32. The van der Waals surface area contributed by atoms with Crippen molar-refractivity contribution in [1.82, 2.24) is 4.98 Å². The molecule has 21 heavy (non-hydrogen) atoms. The van der Waals surface area contributed by atoms with Crippen LogP contribution in [-0.4, -0.2) is 10.8 Å². The van der Waals surface area contributed by atoms with Gasteiger partial charge in [0.1, 0.15) is 11.5 Å². The molecule has 0 saturated heterocycles. The standard InChI is InChI=1S/C17H12ClNO2/c1-11(20)12-7-8-17(14(18)10-12)21-16-6-2-5-15-13(16)4-3-9-19-15/h2-10H,1H3. The third-order valence-corrected chi connectivity index (χ3v) is 3.46. The van der Waals surface area contributed by atoms with Gasteiger partial charge in [-0.05, 0) is 49.4 Å². The summed E-state index contributed by atoms with van der Waals surface area (Å²) >= 11 is 6.18. The number of aromatic nitrogens is 1. The summed E-state index contributed by atoms with van der Waals surface area (Å²) in [6, 6.07) is 14.5. The number of hydrogen-bond donors (Lipinski definition) is 0. The first kappa shape index (κ1) is 13.6. The molecule has 0 fully saturated rings. The summed E-state index contributed by atoms with van der Waals surface area (Å²) in [6.45, 7) is 1.50. The van der Waals surface area contributed by atoms with Crippen LogP contribution in [0.2, 0.25) is 5.02 Å². The molecule has 0 saturated carbocycles. The van der Waals surface area contributed by atoms with E-state index in [1.54, 1.807) is 24.4 Å². The van der Waals surface area contributed by atoms with E-state index in [1.807, 2.05) is 30.3 Å². The Hall–Kier alpha value is -2.39. The zero-order valence-corrected chi connectivity index (χ0v) is 12.1. The van der Waals surface area contributed by atoms with E-state index in [-0.39, 0.29) is 5.78 Å². The third-order valence-electron chi connectivity index (χ3n) is 3.16. The largest absolute Gasteiger partial charge is 0.455 e. The molecule has 104 valence electrons. The smallest absolute Gasteiger partial charge is 0.159 e. The lowest BCUT2D eigenvalue weighted by molar-refractivity contribution is 0.101. The second-order valence-electron chi connectivity index (χ2n) is 4.63. The Morgan fingerprint density at radius 2 is 1.95 bits per heavy atom. The van der Waals surface area contributed by atoms with E-state index < -0.39 is 0 Å². The Bertz CT molecular complexity index is 825. The molecular formula is C17H12ClNO2. The first-order valence-electron chi connectivity index (χ1n) is 6.47. The van der Waals surface area contributed by atoms with Gasteiger partial charge in [0.15, 0.2) is 5.78 Å². The zero-order chi connectivity index (χ0) is 14.8. The molecule has 0 spiro atoms. The number of pyridine rings is 1. The highest BCUT2D eigenvalue weighted by Gasteiger charge is 2.09. The molecule has 0 atom stereocenters. The van der Waals surface area contributed by atoms with Crippen molar-refractivity contribution in [3.05, 3.63) is 65.3 Å². The highest BCUT2D eigenvalue weighted by Crippen LogP contribution is 2.33. The topological polar surface area (TPSA) is 39.2 Å². The lowest BCUT2D eigenvalue weighted by Crippen LogP contribution is -1.93. The van der Waals surface area contributed by atoms with Crippen LogP contribution in [-0.2, 0) is 0 Å². The third kappa shape index (κ3) is 2.73. The summed E-state index contributed by atoms with van der Waals surface area (Å²) in [5.74, 6) is 1.16. The molecular weight excluding hydrogens is 286 g/mol. The van der Waals surface area contributed by atoms with Crippen LogP contribution in [0.5, 0.6) is 11.5 Å². The number of halogens is 1. The molecule has 0 aliphatic carbocycles. The van der Waals surface area contributed by atoms with Crippen molar-refractivity contribution < 1.29 is 9.53 Å². The zero-order valence-electron chi connectivity index (χ0n) is 11.3. The van der Waals surface area contributed by atoms with Gasteiger partial charge in [0.05, 0.1) is 10.5 Å². The molecule has 0 bridgehead atoms. The first-order chi connectivity index (χ1) is 10.1. The molecule has 3 aromatic rings. The van der Waals surface area contributed by atoms with Crippen LogP contribution >= 0.6 is 11.6 Å². The van der Waals surface area contributed by atoms with E-state index in [0.29, 0.717) is 22.1 Å². The van der Waals surface area contributed by atoms with E-state index in [2.05, 4.69) is 4.98 Å². The molecule has 0 unspecified atom stereocenters. The van der Waals surface area contributed by atoms with Crippen molar-refractivity contribution in [1.29, 1.82) is 0 Å². The number of Topliss-reactive ketones (excluding diaryl/α,β-unsaturated/α-hetero) is 1. The number of ketones is 1. The summed E-state index contributed by atoms with van der Waals surface area (Å²) < 4.78 is 5.87. The molecule has 2 aromatic carbocycles. The normalized spacial score (nSPS) is 10.6. The van der Waals surface area contributed by atoms with Gasteiger partial charge in [-0.2, -0.15) is 0 Å². The van der Waals surface area contributed by atoms with Gasteiger partial charge in [-0.1, -0.05) is 17.7 Å². The van der Waals surface area contributed by atoms with Gasteiger partial charge in [0.25, 0.3) is 0 Å². The Balaban J connectivity index is 2.01. The minimum atomic E-state index is -0.0298. The van der Waals surface area contributed by atoms with E-state index in [4.69, 9.17) is 16.3 Å². The van der Waals surface area contributed by atoms with Crippen LogP contribution in [0.25, 0.3) is 10.9 Å². The number of carbonyl (C=O) groups is 1. The quantitative estimate of drug-likeness (QED) is 0.647. The van der Waals surface area contributed by atoms with Crippen molar-refractivity contribution in [3.63, 3.8) is 0 Å². The Labute approximate surface area is 127 Å². The van der Waals surface area contributed by atoms with Crippen LogP contribution in [0, 0.1) is 0 Å². The first-order valence-corrected chi connectivity index (χ1v) is 6.85. The molecule has 1 aromatic heterocycles. The van der Waals surface area contributed by atoms with Crippen LogP contribution in [0.3, 0.4) is 0 Å². The lowest BCUT2D eigenvalue weighted by atomic mass is 10.1. The number of fused-ring (bicyclic) bond motifs is 1. The number of nitrogens with zero attached hydrogens (tertiary/aromatic N) is 1. The maximum absolute atomic E-state index is 11.3. The molecule has 4 heteroatoms. The van der Waals surface area contributed by atoms with E-state index in [0.717, 1.165) is 10.9 Å². The number of hydrogen-bond acceptors (Lipinski definition) is 3. The summed E-state index contributed by atoms with van der Waals surface area (Å²) in [6.07, 6.45) is 1.74. The van der Waals surface area contributed by atoms with E-state index >= 15 is 0 Å². The highest BCUT2D eigenvalue weighted by atomic mass is 35.5. The summed E-state index contributed by atoms with van der Waals surface area (Å²) in [4.78, 5) is 15.6. The van der Waals surface area contributed by atoms with Gasteiger partial charge < -0.3 is 4.74 Å². The van der Waals surface area contributed by atoms with Crippen molar-refractivity contribution in [3.8, 4) is 11.5 Å². The van der Waals surface area contributed by atoms with Crippen LogP contribution in [0.15, 0.2) is 54.7 Å². The van der Waals surface area contributed by atoms with Gasteiger partial charge in [-0.25, -0.2) is 0 Å². The van der Waals surface area contributed by atoms with Crippen LogP contribution in [0.4, 0.5) is 0 Å². The lowest BCUT2D eigenvalue weighted by Gasteiger charge is -2.10. The van der Waals surface area contributed by atoms with Crippen molar-refractivity contribution in [2.24, 2.45) is 0 Å². The number of carbonyl (C=O) groups excluding carboxylic acids is 1. The molecule has 0 aliphatic rings. The average Bonchev–Trinajstić information content (AvgIpc) is 2.49. The molecule has 3 nitrogen and oxygen atoms in total. The minimum absolute atomic E-state index is 0.0298. The molecule has 3 rings (SSSR count). The fourth-order valence-corrected chi connectivity index (χ4v) is 2.30. The van der Waals surface area contributed by atoms with Gasteiger partial charge >= 0.3 is 0 Å². The Kier molecular flexibility index (Phi) is 3.59. The van der Waals surface area contributed by atoms with Crippen LogP contribution < -0.4 is 4.74 Å². The second kappa shape index (κ2) is 5.54. The fourth-order valence-electron chi connectivity index (χ4n) is 2.09. The molecule has 0 amide bonds. The summed E-state index contributed by atoms with van der Waals surface area (Å²) in [5.41, 5.74) is 1.42. The molecule has 0 N–H and O–H groups in total. The average molecular weight is 298 g/mol. The van der Waals surface area contributed by atoms with Gasteiger partial charge in [0.2, 0.25) is 0 Å². The van der Waals surface area contributed by atoms with Crippen molar-refractivity contribution in [2.75, 3.05) is 0 Å². The van der Waals surface area contributed by atoms with Gasteiger partial charge in [0, 0.05) is 17.1 Å². The Morgan fingerprint density at radius 1 is 1.10 bits per heavy atom. The van der Waals surface area contributed by atoms with Crippen molar-refractivity contribution in [2.45, 2.75) is 6.92 Å². The molecule has 0 radical (unpaired) electrons. The Morgan fingerprint density at radius 3 is 2.71 bits per heavy atom. The maximum Gasteiger partial charge on any atom is 0.159 e. The van der Waals surface area contributed by atoms with Gasteiger partial charge in [-0.15, -0.1) is 0 Å². The summed E-state index contributed by atoms with van der Waals surface area (Å²) in [5, 5.41) is 1.32. The second-order valence-corrected chi connectivity index (χ2v) is 5.04. The number of benzene rings is 2. The predicted octanol–water partition coefficient (Wildman–Crippen LogP) is 4.88. The predicted molar refractivity (Wildman–Crippen MR) is 83.3 cm³/mol. The summed E-state index contributed by atoms with van der Waals surface area (Å²) in [7, 11) is 0. The SMILES string of the molecule is CC(=O)c1ccc(Oc2cccc3ncccc23)c(Cl)c1. The fraction of sp³-hybridized carbons (Fsp3) is 0.0588. The van der Waals surface area contributed by atoms with Gasteiger partial charge in [-0.3, -0.25) is 9.78 Å². The van der Waals surface area contributed by atoms with Crippen LogP contribution in [0.1, 0.15) is 17.3 Å². The number of ether oxygens (including phenoxy) is 1. The monoisotopic (exact) mass is 297 g/mol. The molecule has 1 heterocycles. The van der Waals surface area contributed by atoms with E-state index in [9.17, 15) is 4.79 Å². The molecule has 0 aliphatic heterocycles. The maximum atomic E-state index is 11.3. The van der Waals surface area contributed by atoms with Crippen molar-refractivity contribution >= 4 is 28.3 Å². The van der Waals surface area contributed by atoms with E-state index in [1.165, 1.54) is 6.92 Å².